The van der Waals surface area contributed by atoms with Gasteiger partial charge in [0.1, 0.15) is 5.75 Å². The number of fused-ring (bicyclic) bond motifs is 1. The van der Waals surface area contributed by atoms with Gasteiger partial charge < -0.3 is 19.9 Å². The Morgan fingerprint density at radius 2 is 2.21 bits per heavy atom. The third kappa shape index (κ3) is 3.99. The lowest BCUT2D eigenvalue weighted by Gasteiger charge is -2.31. The first-order valence-corrected chi connectivity index (χ1v) is 10.2. The zero-order valence-corrected chi connectivity index (χ0v) is 17.3. The highest BCUT2D eigenvalue weighted by molar-refractivity contribution is 9.10. The quantitative estimate of drug-likeness (QED) is 0.628. The van der Waals surface area contributed by atoms with E-state index in [0.717, 1.165) is 52.2 Å². The Morgan fingerprint density at radius 3 is 3.07 bits per heavy atom. The summed E-state index contributed by atoms with van der Waals surface area (Å²) in [6, 6.07) is 13.7. The minimum Gasteiger partial charge on any atom is -0.496 e. The summed E-state index contributed by atoms with van der Waals surface area (Å²) in [6.07, 6.45) is 1.85. The molecule has 0 saturated carbocycles. The fourth-order valence-electron chi connectivity index (χ4n) is 3.68. The predicted octanol–water partition coefficient (Wildman–Crippen LogP) is 3.87. The molecule has 1 aliphatic heterocycles. The average molecular weight is 443 g/mol. The Kier molecular flexibility index (Phi) is 5.52. The highest BCUT2D eigenvalue weighted by Gasteiger charge is 2.27. The number of aromatic nitrogens is 2. The summed E-state index contributed by atoms with van der Waals surface area (Å²) in [6.45, 7) is 2.04. The van der Waals surface area contributed by atoms with Crippen LogP contribution in [0.25, 0.3) is 11.0 Å². The van der Waals surface area contributed by atoms with Gasteiger partial charge in [0.05, 0.1) is 24.1 Å². The van der Waals surface area contributed by atoms with E-state index in [4.69, 9.17) is 4.74 Å². The molecule has 1 atom stereocenters. The van der Waals surface area contributed by atoms with Crippen LogP contribution in [0.1, 0.15) is 18.4 Å². The van der Waals surface area contributed by atoms with Crippen LogP contribution in [0.2, 0.25) is 0 Å². The number of piperidine rings is 1. The lowest BCUT2D eigenvalue weighted by atomic mass is 9.97. The zero-order valence-electron chi connectivity index (χ0n) is 15.7. The molecule has 3 aromatic rings. The molecule has 2 aromatic carbocycles. The Morgan fingerprint density at radius 1 is 1.36 bits per heavy atom. The Bertz CT molecular complexity index is 987. The summed E-state index contributed by atoms with van der Waals surface area (Å²) < 4.78 is 6.38. The van der Waals surface area contributed by atoms with Crippen molar-refractivity contribution in [2.45, 2.75) is 19.4 Å². The number of benzene rings is 2. The number of ether oxygens (including phenoxy) is 1. The number of imidazole rings is 1. The number of carbonyl (C=O) groups is 1. The zero-order chi connectivity index (χ0) is 19.5. The minimum atomic E-state index is -0.0524. The Balaban J connectivity index is 1.41. The standard InChI is InChI=1S/C21H23BrN4O2/c1-28-19-7-3-2-5-14(19)12-23-20(27)15-6-4-10-26(13-15)21-24-17-9-8-16(22)11-18(17)25-21/h2-3,5,7-9,11,15H,4,6,10,12-13H2,1H3,(H,23,27)(H,24,25)/t15-/m1/s1. The van der Waals surface area contributed by atoms with Gasteiger partial charge in [0.2, 0.25) is 11.9 Å². The number of hydrogen-bond acceptors (Lipinski definition) is 4. The monoisotopic (exact) mass is 442 g/mol. The molecule has 0 radical (unpaired) electrons. The molecule has 4 rings (SSSR count). The van der Waals surface area contributed by atoms with E-state index in [1.54, 1.807) is 7.11 Å². The normalized spacial score (nSPS) is 16.9. The SMILES string of the molecule is COc1ccccc1CNC(=O)[C@@H]1CCCN(c2nc3ccc(Br)cc3[nH]2)C1. The number of nitrogens with zero attached hydrogens (tertiary/aromatic N) is 2. The van der Waals surface area contributed by atoms with Gasteiger partial charge >= 0.3 is 0 Å². The third-order valence-electron chi connectivity index (χ3n) is 5.17. The molecule has 1 amide bonds. The Labute approximate surface area is 172 Å². The largest absolute Gasteiger partial charge is 0.496 e. The number of anilines is 1. The molecule has 0 unspecified atom stereocenters. The van der Waals surface area contributed by atoms with Crippen molar-refractivity contribution in [2.75, 3.05) is 25.1 Å². The van der Waals surface area contributed by atoms with Crippen LogP contribution < -0.4 is 15.0 Å². The van der Waals surface area contributed by atoms with Gasteiger partial charge in [0.15, 0.2) is 0 Å². The van der Waals surface area contributed by atoms with E-state index in [1.807, 2.05) is 42.5 Å². The van der Waals surface area contributed by atoms with E-state index < -0.39 is 0 Å². The third-order valence-corrected chi connectivity index (χ3v) is 5.66. The van der Waals surface area contributed by atoms with Crippen LogP contribution in [-0.4, -0.2) is 36.1 Å². The molecule has 6 nitrogen and oxygen atoms in total. The molecular formula is C21H23BrN4O2. The average Bonchev–Trinajstić information content (AvgIpc) is 3.15. The van der Waals surface area contributed by atoms with Crippen molar-refractivity contribution >= 4 is 38.8 Å². The maximum Gasteiger partial charge on any atom is 0.225 e. The number of carbonyl (C=O) groups excluding carboxylic acids is 1. The van der Waals surface area contributed by atoms with Gasteiger partial charge in [0, 0.05) is 29.7 Å². The number of para-hydroxylation sites is 1. The molecule has 1 fully saturated rings. The molecular weight excluding hydrogens is 420 g/mol. The van der Waals surface area contributed by atoms with Crippen LogP contribution in [0.15, 0.2) is 46.9 Å². The van der Waals surface area contributed by atoms with Gasteiger partial charge in [-0.2, -0.15) is 0 Å². The molecule has 7 heteroatoms. The topological polar surface area (TPSA) is 70.2 Å². The van der Waals surface area contributed by atoms with Gasteiger partial charge in [0.25, 0.3) is 0 Å². The highest BCUT2D eigenvalue weighted by atomic mass is 79.9. The van der Waals surface area contributed by atoms with Crippen molar-refractivity contribution < 1.29 is 9.53 Å². The van der Waals surface area contributed by atoms with Crippen LogP contribution in [0.5, 0.6) is 5.75 Å². The number of nitrogens with one attached hydrogen (secondary N) is 2. The van der Waals surface area contributed by atoms with E-state index >= 15 is 0 Å². The van der Waals surface area contributed by atoms with Crippen LogP contribution in [0.4, 0.5) is 5.95 Å². The maximum absolute atomic E-state index is 12.7. The summed E-state index contributed by atoms with van der Waals surface area (Å²) in [7, 11) is 1.64. The van der Waals surface area contributed by atoms with E-state index in [0.29, 0.717) is 13.1 Å². The minimum absolute atomic E-state index is 0.0524. The molecule has 0 bridgehead atoms. The summed E-state index contributed by atoms with van der Waals surface area (Å²) >= 11 is 3.49. The second-order valence-corrected chi connectivity index (χ2v) is 7.95. The van der Waals surface area contributed by atoms with Gasteiger partial charge in [-0.1, -0.05) is 34.1 Å². The van der Waals surface area contributed by atoms with Crippen molar-refractivity contribution in [3.05, 3.63) is 52.5 Å². The van der Waals surface area contributed by atoms with Gasteiger partial charge in [-0.05, 0) is 37.1 Å². The molecule has 1 aliphatic rings. The summed E-state index contributed by atoms with van der Waals surface area (Å²) in [5.41, 5.74) is 2.90. The first-order valence-electron chi connectivity index (χ1n) is 9.44. The number of rotatable bonds is 5. The second-order valence-electron chi connectivity index (χ2n) is 7.04. The number of H-pyrrole nitrogens is 1. The van der Waals surface area contributed by atoms with Crippen molar-refractivity contribution in [1.82, 2.24) is 15.3 Å². The van der Waals surface area contributed by atoms with E-state index in [1.165, 1.54) is 0 Å². The number of amides is 1. The number of aromatic amines is 1. The molecule has 1 aromatic heterocycles. The van der Waals surface area contributed by atoms with E-state index in [9.17, 15) is 4.79 Å². The fraction of sp³-hybridized carbons (Fsp3) is 0.333. The van der Waals surface area contributed by atoms with Crippen LogP contribution in [0.3, 0.4) is 0 Å². The van der Waals surface area contributed by atoms with Gasteiger partial charge in [-0.3, -0.25) is 4.79 Å². The molecule has 1 saturated heterocycles. The molecule has 2 heterocycles. The lowest BCUT2D eigenvalue weighted by molar-refractivity contribution is -0.125. The fourth-order valence-corrected chi connectivity index (χ4v) is 4.04. The number of halogens is 1. The number of hydrogen-bond donors (Lipinski definition) is 2. The van der Waals surface area contributed by atoms with Crippen molar-refractivity contribution in [3.8, 4) is 5.75 Å². The molecule has 146 valence electrons. The molecule has 28 heavy (non-hydrogen) atoms. The van der Waals surface area contributed by atoms with Crippen LogP contribution >= 0.6 is 15.9 Å². The maximum atomic E-state index is 12.7. The lowest BCUT2D eigenvalue weighted by Crippen LogP contribution is -2.43. The van der Waals surface area contributed by atoms with Crippen molar-refractivity contribution in [3.63, 3.8) is 0 Å². The summed E-state index contributed by atoms with van der Waals surface area (Å²) in [5, 5.41) is 3.07. The van der Waals surface area contributed by atoms with Gasteiger partial charge in [-0.15, -0.1) is 0 Å². The smallest absolute Gasteiger partial charge is 0.225 e. The Hall–Kier alpha value is -2.54. The van der Waals surface area contributed by atoms with Crippen LogP contribution in [-0.2, 0) is 11.3 Å². The van der Waals surface area contributed by atoms with E-state index in [-0.39, 0.29) is 11.8 Å². The number of methoxy groups -OCH3 is 1. The molecule has 0 aliphatic carbocycles. The van der Waals surface area contributed by atoms with Crippen molar-refractivity contribution in [2.24, 2.45) is 5.92 Å². The highest BCUT2D eigenvalue weighted by Crippen LogP contribution is 2.25. The van der Waals surface area contributed by atoms with Crippen molar-refractivity contribution in [1.29, 1.82) is 0 Å². The first-order chi connectivity index (χ1) is 13.6. The first kappa shape index (κ1) is 18.8. The summed E-state index contributed by atoms with van der Waals surface area (Å²) in [4.78, 5) is 23.0. The summed E-state index contributed by atoms with van der Waals surface area (Å²) in [5.74, 6) is 1.65. The molecule has 0 spiro atoms. The van der Waals surface area contributed by atoms with Gasteiger partial charge in [-0.25, -0.2) is 4.98 Å². The predicted molar refractivity (Wildman–Crippen MR) is 114 cm³/mol. The van der Waals surface area contributed by atoms with Crippen LogP contribution in [0, 0.1) is 5.92 Å². The van der Waals surface area contributed by atoms with E-state index in [2.05, 4.69) is 36.1 Å². The molecule has 2 N–H and O–H groups in total. The second kappa shape index (κ2) is 8.22.